The van der Waals surface area contributed by atoms with E-state index >= 15 is 0 Å². The molecule has 1 unspecified atom stereocenters. The monoisotopic (exact) mass is 171 g/mol. The van der Waals surface area contributed by atoms with Crippen molar-refractivity contribution in [2.24, 2.45) is 0 Å². The molecule has 0 amide bonds. The SMILES string of the molecule is COCC(O)c1ncccc1F. The van der Waals surface area contributed by atoms with Crippen LogP contribution in [0.5, 0.6) is 0 Å². The van der Waals surface area contributed by atoms with Crippen molar-refractivity contribution in [2.45, 2.75) is 6.10 Å². The number of aliphatic hydroxyl groups is 1. The second-order valence-electron chi connectivity index (χ2n) is 2.34. The maximum absolute atomic E-state index is 12.9. The predicted molar refractivity (Wildman–Crippen MR) is 41.0 cm³/mol. The van der Waals surface area contributed by atoms with Crippen molar-refractivity contribution < 1.29 is 14.2 Å². The van der Waals surface area contributed by atoms with Gasteiger partial charge in [0.15, 0.2) is 0 Å². The van der Waals surface area contributed by atoms with Crippen molar-refractivity contribution in [1.29, 1.82) is 0 Å². The highest BCUT2D eigenvalue weighted by molar-refractivity contribution is 5.09. The van der Waals surface area contributed by atoms with Gasteiger partial charge in [-0.15, -0.1) is 0 Å². The van der Waals surface area contributed by atoms with Crippen LogP contribution in [0.3, 0.4) is 0 Å². The Morgan fingerprint density at radius 2 is 2.50 bits per heavy atom. The number of aromatic nitrogens is 1. The van der Waals surface area contributed by atoms with E-state index in [9.17, 15) is 9.50 Å². The van der Waals surface area contributed by atoms with E-state index in [4.69, 9.17) is 0 Å². The molecule has 3 nitrogen and oxygen atoms in total. The standard InChI is InChI=1S/C8H10FNO2/c1-12-5-7(11)8-6(9)3-2-4-10-8/h2-4,7,11H,5H2,1H3. The first kappa shape index (κ1) is 9.09. The van der Waals surface area contributed by atoms with Gasteiger partial charge in [0.1, 0.15) is 17.6 Å². The van der Waals surface area contributed by atoms with E-state index in [1.165, 1.54) is 25.4 Å². The Hall–Kier alpha value is -1.00. The van der Waals surface area contributed by atoms with Crippen LogP contribution >= 0.6 is 0 Å². The number of pyridine rings is 1. The molecule has 1 N–H and O–H groups in total. The minimum Gasteiger partial charge on any atom is -0.384 e. The molecule has 1 aromatic rings. The van der Waals surface area contributed by atoms with E-state index < -0.39 is 11.9 Å². The highest BCUT2D eigenvalue weighted by Crippen LogP contribution is 2.12. The lowest BCUT2D eigenvalue weighted by Gasteiger charge is -2.08. The summed E-state index contributed by atoms with van der Waals surface area (Å²) in [6.45, 7) is 0.0495. The molecule has 0 saturated carbocycles. The smallest absolute Gasteiger partial charge is 0.147 e. The van der Waals surface area contributed by atoms with Gasteiger partial charge in [0.25, 0.3) is 0 Å². The normalized spacial score (nSPS) is 12.9. The summed E-state index contributed by atoms with van der Waals surface area (Å²) in [4.78, 5) is 3.69. The molecular weight excluding hydrogens is 161 g/mol. The van der Waals surface area contributed by atoms with Gasteiger partial charge in [0, 0.05) is 13.3 Å². The number of aliphatic hydroxyl groups excluding tert-OH is 1. The van der Waals surface area contributed by atoms with Gasteiger partial charge in [0.05, 0.1) is 6.61 Å². The van der Waals surface area contributed by atoms with E-state index in [2.05, 4.69) is 9.72 Å². The lowest BCUT2D eigenvalue weighted by Crippen LogP contribution is -2.09. The molecular formula is C8H10FNO2. The fraction of sp³-hybridized carbons (Fsp3) is 0.375. The molecule has 1 rings (SSSR count). The molecule has 0 aliphatic heterocycles. The average Bonchev–Trinajstić information content (AvgIpc) is 2.05. The highest BCUT2D eigenvalue weighted by atomic mass is 19.1. The van der Waals surface area contributed by atoms with Crippen molar-refractivity contribution in [1.82, 2.24) is 4.98 Å². The fourth-order valence-corrected chi connectivity index (χ4v) is 0.880. The fourth-order valence-electron chi connectivity index (χ4n) is 0.880. The molecule has 12 heavy (non-hydrogen) atoms. The number of rotatable bonds is 3. The Morgan fingerprint density at radius 3 is 3.08 bits per heavy atom. The number of methoxy groups -OCH3 is 1. The lowest BCUT2D eigenvalue weighted by atomic mass is 10.2. The van der Waals surface area contributed by atoms with Crippen LogP contribution in [0.15, 0.2) is 18.3 Å². The Labute approximate surface area is 69.8 Å². The summed E-state index contributed by atoms with van der Waals surface area (Å²) in [7, 11) is 1.43. The number of hydrogen-bond donors (Lipinski definition) is 1. The average molecular weight is 171 g/mol. The van der Waals surface area contributed by atoms with Gasteiger partial charge >= 0.3 is 0 Å². The summed E-state index contributed by atoms with van der Waals surface area (Å²) in [5.74, 6) is -0.512. The van der Waals surface area contributed by atoms with E-state index in [-0.39, 0.29) is 12.3 Å². The molecule has 66 valence electrons. The van der Waals surface area contributed by atoms with Crippen LogP contribution in [0.25, 0.3) is 0 Å². The molecule has 4 heteroatoms. The van der Waals surface area contributed by atoms with Crippen molar-refractivity contribution in [3.63, 3.8) is 0 Å². The molecule has 1 aromatic heterocycles. The lowest BCUT2D eigenvalue weighted by molar-refractivity contribution is 0.0592. The summed E-state index contributed by atoms with van der Waals surface area (Å²) in [6.07, 6.45) is 0.438. The first-order chi connectivity index (χ1) is 5.75. The summed E-state index contributed by atoms with van der Waals surface area (Å²) in [5, 5.41) is 9.27. The summed E-state index contributed by atoms with van der Waals surface area (Å²) < 4.78 is 17.5. The van der Waals surface area contributed by atoms with Crippen LogP contribution in [0.2, 0.25) is 0 Å². The molecule has 0 fully saturated rings. The van der Waals surface area contributed by atoms with Crippen LogP contribution in [0, 0.1) is 5.82 Å². The molecule has 1 heterocycles. The predicted octanol–water partition coefficient (Wildman–Crippen LogP) is 0.901. The molecule has 0 spiro atoms. The van der Waals surface area contributed by atoms with Crippen LogP contribution in [0.1, 0.15) is 11.8 Å². The quantitative estimate of drug-likeness (QED) is 0.734. The van der Waals surface area contributed by atoms with Crippen molar-refractivity contribution in [3.05, 3.63) is 29.8 Å². The van der Waals surface area contributed by atoms with Gasteiger partial charge < -0.3 is 9.84 Å². The summed E-state index contributed by atoms with van der Waals surface area (Å²) in [6, 6.07) is 2.72. The maximum Gasteiger partial charge on any atom is 0.147 e. The first-order valence-corrected chi connectivity index (χ1v) is 3.53. The van der Waals surface area contributed by atoms with Gasteiger partial charge in [-0.2, -0.15) is 0 Å². The van der Waals surface area contributed by atoms with E-state index in [0.717, 1.165) is 0 Å². The Kier molecular flexibility index (Phi) is 3.13. The molecule has 0 aromatic carbocycles. The molecule has 0 aliphatic carbocycles. The number of nitrogens with zero attached hydrogens (tertiary/aromatic N) is 1. The summed E-state index contributed by atoms with van der Waals surface area (Å²) in [5.41, 5.74) is 0.0272. The number of hydrogen-bond acceptors (Lipinski definition) is 3. The minimum atomic E-state index is -0.990. The third-order valence-corrected chi connectivity index (χ3v) is 1.43. The zero-order valence-corrected chi connectivity index (χ0v) is 6.70. The molecule has 0 radical (unpaired) electrons. The third-order valence-electron chi connectivity index (χ3n) is 1.43. The largest absolute Gasteiger partial charge is 0.384 e. The summed E-state index contributed by atoms with van der Waals surface area (Å²) >= 11 is 0. The van der Waals surface area contributed by atoms with Crippen molar-refractivity contribution in [2.75, 3.05) is 13.7 Å². The maximum atomic E-state index is 12.9. The Bertz CT molecular complexity index is 255. The first-order valence-electron chi connectivity index (χ1n) is 3.53. The van der Waals surface area contributed by atoms with Gasteiger partial charge in [0.2, 0.25) is 0 Å². The Morgan fingerprint density at radius 1 is 1.75 bits per heavy atom. The van der Waals surface area contributed by atoms with Crippen molar-refractivity contribution in [3.8, 4) is 0 Å². The number of ether oxygens (including phenoxy) is 1. The highest BCUT2D eigenvalue weighted by Gasteiger charge is 2.12. The van der Waals surface area contributed by atoms with Gasteiger partial charge in [-0.05, 0) is 12.1 Å². The van der Waals surface area contributed by atoms with E-state index in [1.807, 2.05) is 0 Å². The molecule has 0 bridgehead atoms. The van der Waals surface area contributed by atoms with Crippen LogP contribution in [-0.2, 0) is 4.74 Å². The topological polar surface area (TPSA) is 42.4 Å². The molecule has 0 aliphatic rings. The minimum absolute atomic E-state index is 0.0272. The zero-order chi connectivity index (χ0) is 8.97. The Balaban J connectivity index is 2.79. The third kappa shape index (κ3) is 1.99. The number of halogens is 1. The van der Waals surface area contributed by atoms with Crippen LogP contribution in [-0.4, -0.2) is 23.8 Å². The zero-order valence-electron chi connectivity index (χ0n) is 6.70. The van der Waals surface area contributed by atoms with E-state index in [1.54, 1.807) is 0 Å². The molecule has 1 atom stereocenters. The van der Waals surface area contributed by atoms with E-state index in [0.29, 0.717) is 0 Å². The van der Waals surface area contributed by atoms with Gasteiger partial charge in [-0.1, -0.05) is 0 Å². The second-order valence-corrected chi connectivity index (χ2v) is 2.34. The van der Waals surface area contributed by atoms with Gasteiger partial charge in [-0.25, -0.2) is 4.39 Å². The van der Waals surface area contributed by atoms with Gasteiger partial charge in [-0.3, -0.25) is 4.98 Å². The second kappa shape index (κ2) is 4.13. The van der Waals surface area contributed by atoms with Crippen LogP contribution < -0.4 is 0 Å². The van der Waals surface area contributed by atoms with Crippen LogP contribution in [0.4, 0.5) is 4.39 Å². The molecule has 0 saturated heterocycles. The van der Waals surface area contributed by atoms with Crippen molar-refractivity contribution >= 4 is 0 Å².